The Morgan fingerprint density at radius 1 is 0.633 bits per heavy atom. The first-order valence-corrected chi connectivity index (χ1v) is 13.5. The van der Waals surface area contributed by atoms with E-state index in [9.17, 15) is 5.11 Å². The topological polar surface area (TPSA) is 98.0 Å². The lowest BCUT2D eigenvalue weighted by Crippen LogP contribution is -1.87. The Morgan fingerprint density at radius 3 is 1.33 bits per heavy atom. The second-order valence-corrected chi connectivity index (χ2v) is 9.22. The third-order valence-electron chi connectivity index (χ3n) is 5.29. The molecule has 176 valence electrons. The van der Waals surface area contributed by atoms with Crippen LogP contribution in [0.3, 0.4) is 0 Å². The summed E-state index contributed by atoms with van der Waals surface area (Å²) in [5.41, 5.74) is 1.10. The molecule has 0 saturated carbocycles. The van der Waals surface area contributed by atoms with Crippen molar-refractivity contribution < 1.29 is 24.4 Å². The summed E-state index contributed by atoms with van der Waals surface area (Å²) in [4.78, 5) is 21.6. The number of benzene rings is 1. The molecular weight excluding hydrogens is 399 g/mol. The second kappa shape index (κ2) is 20.1. The summed E-state index contributed by atoms with van der Waals surface area (Å²) in [6, 6.07) is 7.75. The summed E-state index contributed by atoms with van der Waals surface area (Å²) in [5.74, 6) is 0.462. The van der Waals surface area contributed by atoms with E-state index in [1.165, 1.54) is 103 Å². The Hall–Kier alpha value is -0.870. The molecule has 0 fully saturated rings. The fourth-order valence-corrected chi connectivity index (χ4v) is 3.59. The van der Waals surface area contributed by atoms with Gasteiger partial charge in [0.1, 0.15) is 5.75 Å². The molecule has 0 aliphatic rings. The normalized spacial score (nSPS) is 11.2. The molecule has 0 aliphatic carbocycles. The van der Waals surface area contributed by atoms with E-state index < -0.39 is 7.82 Å². The third-order valence-corrected chi connectivity index (χ3v) is 5.29. The molecule has 1 rings (SSSR count). The molecule has 5 nitrogen and oxygen atoms in total. The molecule has 30 heavy (non-hydrogen) atoms. The van der Waals surface area contributed by atoms with Crippen molar-refractivity contribution in [1.82, 2.24) is 0 Å². The van der Waals surface area contributed by atoms with Crippen LogP contribution in [0.5, 0.6) is 5.75 Å². The van der Waals surface area contributed by atoms with Gasteiger partial charge in [-0.15, -0.1) is 0 Å². The molecule has 0 bridgehead atoms. The minimum absolute atomic E-state index is 0.462. The number of phosphoric acid groups is 1. The van der Waals surface area contributed by atoms with Gasteiger partial charge in [-0.3, -0.25) is 0 Å². The summed E-state index contributed by atoms with van der Waals surface area (Å²) >= 11 is 0. The number of aryl methyl sites for hydroxylation is 1. The number of para-hydroxylation sites is 1. The lowest BCUT2D eigenvalue weighted by Gasteiger charge is -2.05. The molecule has 0 aliphatic heterocycles. The maximum Gasteiger partial charge on any atom is 0.466 e. The van der Waals surface area contributed by atoms with Gasteiger partial charge in [-0.1, -0.05) is 121 Å². The average Bonchev–Trinajstić information content (AvgIpc) is 2.67. The van der Waals surface area contributed by atoms with Crippen LogP contribution in [0.15, 0.2) is 24.3 Å². The third kappa shape index (κ3) is 23.4. The Labute approximate surface area is 184 Å². The van der Waals surface area contributed by atoms with Crippen molar-refractivity contribution in [3.8, 4) is 5.75 Å². The van der Waals surface area contributed by atoms with Gasteiger partial charge in [-0.2, -0.15) is 0 Å². The lowest BCUT2D eigenvalue weighted by atomic mass is 10.0. The molecule has 0 saturated heterocycles. The second-order valence-electron chi connectivity index (χ2n) is 8.20. The average molecular weight is 445 g/mol. The van der Waals surface area contributed by atoms with Crippen LogP contribution in [0.1, 0.15) is 115 Å². The van der Waals surface area contributed by atoms with Crippen LogP contribution in [0.2, 0.25) is 0 Å². The van der Waals surface area contributed by atoms with Gasteiger partial charge in [0.15, 0.2) is 0 Å². The van der Waals surface area contributed by atoms with E-state index >= 15 is 0 Å². The van der Waals surface area contributed by atoms with Crippen molar-refractivity contribution in [1.29, 1.82) is 0 Å². The zero-order valence-corrected chi connectivity index (χ0v) is 19.9. The van der Waals surface area contributed by atoms with Crippen LogP contribution in [-0.4, -0.2) is 19.8 Å². The number of unbranched alkanes of at least 4 members (excludes halogenated alkanes) is 15. The van der Waals surface area contributed by atoms with E-state index in [-0.39, 0.29) is 0 Å². The van der Waals surface area contributed by atoms with Gasteiger partial charge in [-0.05, 0) is 24.5 Å². The van der Waals surface area contributed by atoms with Crippen LogP contribution in [0.4, 0.5) is 0 Å². The summed E-state index contributed by atoms with van der Waals surface area (Å²) in [7, 11) is -4.64. The fraction of sp³-hybridized carbons (Fsp3) is 0.750. The number of rotatable bonds is 17. The molecule has 0 amide bonds. The first-order valence-electron chi connectivity index (χ1n) is 11.9. The monoisotopic (exact) mass is 444 g/mol. The van der Waals surface area contributed by atoms with Gasteiger partial charge in [0.2, 0.25) is 0 Å². The van der Waals surface area contributed by atoms with E-state index in [1.807, 2.05) is 18.2 Å². The Bertz CT molecular complexity index is 536. The zero-order chi connectivity index (χ0) is 22.5. The molecule has 1 aromatic rings. The van der Waals surface area contributed by atoms with Gasteiger partial charge in [-0.25, -0.2) is 4.57 Å². The van der Waals surface area contributed by atoms with Crippen molar-refractivity contribution in [3.05, 3.63) is 29.8 Å². The van der Waals surface area contributed by atoms with Crippen LogP contribution in [-0.2, 0) is 11.0 Å². The van der Waals surface area contributed by atoms with Crippen molar-refractivity contribution in [2.45, 2.75) is 116 Å². The van der Waals surface area contributed by atoms with Gasteiger partial charge >= 0.3 is 7.82 Å². The number of phenols is 1. The quantitative estimate of drug-likeness (QED) is 0.150. The number of phenolic OH excluding ortho intramolecular Hbond substituents is 1. The highest BCUT2D eigenvalue weighted by atomic mass is 31.2. The standard InChI is InChI=1S/C24H42O.H3O4P/c1-2-3-4-5-6-7-8-9-10-11-12-13-14-15-16-17-20-23-21-18-19-22-24(23)25;1-5(2,3)4/h18-19,21-22,25H,2-17,20H2,1H3;(H3,1,2,3,4). The molecule has 6 heteroatoms. The summed E-state index contributed by atoms with van der Waals surface area (Å²) in [6.45, 7) is 2.29. The Balaban J connectivity index is 0.00000150. The highest BCUT2D eigenvalue weighted by Crippen LogP contribution is 2.25. The van der Waals surface area contributed by atoms with Crippen LogP contribution in [0, 0.1) is 0 Å². The van der Waals surface area contributed by atoms with Crippen molar-refractivity contribution in [3.63, 3.8) is 0 Å². The van der Waals surface area contributed by atoms with Gasteiger partial charge in [0, 0.05) is 0 Å². The SMILES string of the molecule is CCCCCCCCCCCCCCCCCCc1ccccc1O.O=P(O)(O)O. The van der Waals surface area contributed by atoms with Crippen molar-refractivity contribution in [2.24, 2.45) is 0 Å². The molecule has 0 spiro atoms. The van der Waals surface area contributed by atoms with Gasteiger partial charge in [0.05, 0.1) is 0 Å². The molecule has 1 aromatic carbocycles. The highest BCUT2D eigenvalue weighted by Gasteiger charge is 2.00. The minimum atomic E-state index is -4.64. The van der Waals surface area contributed by atoms with Crippen LogP contribution in [0.25, 0.3) is 0 Å². The zero-order valence-electron chi connectivity index (χ0n) is 19.0. The molecule has 0 atom stereocenters. The molecule has 0 unspecified atom stereocenters. The van der Waals surface area contributed by atoms with E-state index in [1.54, 1.807) is 6.07 Å². The minimum Gasteiger partial charge on any atom is -0.508 e. The highest BCUT2D eigenvalue weighted by molar-refractivity contribution is 7.45. The molecular formula is C24H45O5P. The molecule has 4 N–H and O–H groups in total. The van der Waals surface area contributed by atoms with E-state index in [0.29, 0.717) is 5.75 Å². The number of hydrogen-bond acceptors (Lipinski definition) is 2. The van der Waals surface area contributed by atoms with Crippen LogP contribution >= 0.6 is 7.82 Å². The Kier molecular flexibility index (Phi) is 19.5. The fourth-order valence-electron chi connectivity index (χ4n) is 3.59. The van der Waals surface area contributed by atoms with E-state index in [4.69, 9.17) is 19.2 Å². The maximum atomic E-state index is 9.74. The summed E-state index contributed by atoms with van der Waals surface area (Å²) in [6.07, 6.45) is 23.5. The summed E-state index contributed by atoms with van der Waals surface area (Å²) in [5, 5.41) is 9.74. The predicted molar refractivity (Wildman–Crippen MR) is 126 cm³/mol. The van der Waals surface area contributed by atoms with Gasteiger partial charge in [0.25, 0.3) is 0 Å². The number of aromatic hydroxyl groups is 1. The lowest BCUT2D eigenvalue weighted by molar-refractivity contribution is 0.275. The molecule has 0 aromatic heterocycles. The maximum absolute atomic E-state index is 9.74. The first kappa shape index (κ1) is 29.1. The smallest absolute Gasteiger partial charge is 0.466 e. The van der Waals surface area contributed by atoms with Crippen LogP contribution < -0.4 is 0 Å². The molecule has 0 heterocycles. The van der Waals surface area contributed by atoms with Crippen molar-refractivity contribution >= 4 is 7.82 Å². The predicted octanol–water partition coefficient (Wildman–Crippen LogP) is 7.27. The van der Waals surface area contributed by atoms with E-state index in [0.717, 1.165) is 12.0 Å². The summed E-state index contributed by atoms with van der Waals surface area (Å²) < 4.78 is 8.88. The van der Waals surface area contributed by atoms with E-state index in [2.05, 4.69) is 6.92 Å². The largest absolute Gasteiger partial charge is 0.508 e. The number of hydrogen-bond donors (Lipinski definition) is 4. The van der Waals surface area contributed by atoms with Crippen molar-refractivity contribution in [2.75, 3.05) is 0 Å². The van der Waals surface area contributed by atoms with Gasteiger partial charge < -0.3 is 19.8 Å². The Morgan fingerprint density at radius 2 is 0.967 bits per heavy atom. The first-order chi connectivity index (χ1) is 14.3. The molecule has 0 radical (unpaired) electrons.